The van der Waals surface area contributed by atoms with Crippen LogP contribution in [0.1, 0.15) is 54.4 Å². The maximum absolute atomic E-state index is 12.9. The Morgan fingerprint density at radius 2 is 2.00 bits per heavy atom. The van der Waals surface area contributed by atoms with Gasteiger partial charge in [-0.3, -0.25) is 4.79 Å². The molecule has 0 spiro atoms. The largest absolute Gasteiger partial charge is 0.416 e. The van der Waals surface area contributed by atoms with Crippen LogP contribution in [0.15, 0.2) is 23.8 Å². The number of hydrogen-bond acceptors (Lipinski definition) is 4. The molecule has 4 nitrogen and oxygen atoms in total. The van der Waals surface area contributed by atoms with E-state index in [0.717, 1.165) is 12.0 Å². The molecule has 0 bridgehead atoms. The molecule has 0 heterocycles. The molecule has 0 aromatic rings. The average molecular weight is 435 g/mol. The number of ketones is 1. The standard InChI is InChI=1S/C25H42O4Si/c1-18(2)21-15-19(3)16-23(28-17-27-8)24(21)20(4)22(26)13-11-12-14-29-30(9,10)25(5,6)7/h16,20-21,23-24H,1,12,14-15,17H2,2-10H3/t20-,21-,23+,24-/m0/s1. The lowest BCUT2D eigenvalue weighted by Gasteiger charge is -2.39. The van der Waals surface area contributed by atoms with Gasteiger partial charge < -0.3 is 13.9 Å². The topological polar surface area (TPSA) is 44.8 Å². The lowest BCUT2D eigenvalue weighted by Crippen LogP contribution is -2.41. The van der Waals surface area contributed by atoms with Gasteiger partial charge >= 0.3 is 0 Å². The van der Waals surface area contributed by atoms with Gasteiger partial charge in [0.05, 0.1) is 6.10 Å². The van der Waals surface area contributed by atoms with Crippen LogP contribution >= 0.6 is 0 Å². The summed E-state index contributed by atoms with van der Waals surface area (Å²) in [7, 11) is -0.171. The molecule has 1 aliphatic carbocycles. The van der Waals surface area contributed by atoms with Gasteiger partial charge in [-0.1, -0.05) is 57.4 Å². The van der Waals surface area contributed by atoms with Crippen LogP contribution in [0.5, 0.6) is 0 Å². The summed E-state index contributed by atoms with van der Waals surface area (Å²) < 4.78 is 17.2. The molecule has 0 unspecified atom stereocenters. The second kappa shape index (κ2) is 11.4. The minimum absolute atomic E-state index is 0.00614. The first kappa shape index (κ1) is 26.8. The monoisotopic (exact) mass is 434 g/mol. The molecule has 0 radical (unpaired) electrons. The molecular formula is C25H42O4Si. The zero-order valence-corrected chi connectivity index (χ0v) is 21.6. The summed E-state index contributed by atoms with van der Waals surface area (Å²) in [6.45, 7) is 22.2. The van der Waals surface area contributed by atoms with E-state index in [9.17, 15) is 4.79 Å². The lowest BCUT2D eigenvalue weighted by atomic mass is 9.68. The summed E-state index contributed by atoms with van der Waals surface area (Å²) in [6.07, 6.45) is 3.41. The maximum atomic E-state index is 12.9. The zero-order valence-electron chi connectivity index (χ0n) is 20.6. The zero-order chi connectivity index (χ0) is 23.1. The lowest BCUT2D eigenvalue weighted by molar-refractivity contribution is -0.125. The molecule has 30 heavy (non-hydrogen) atoms. The molecule has 5 heteroatoms. The van der Waals surface area contributed by atoms with Gasteiger partial charge in [-0.05, 0) is 50.2 Å². The molecule has 0 fully saturated rings. The third kappa shape index (κ3) is 7.49. The molecule has 1 aliphatic rings. The summed E-state index contributed by atoms with van der Waals surface area (Å²) in [5.41, 5.74) is 2.34. The van der Waals surface area contributed by atoms with E-state index in [4.69, 9.17) is 13.9 Å². The van der Waals surface area contributed by atoms with Crippen molar-refractivity contribution in [2.45, 2.75) is 78.6 Å². The van der Waals surface area contributed by atoms with Gasteiger partial charge in [0.1, 0.15) is 6.79 Å². The Kier molecular flexibility index (Phi) is 10.2. The van der Waals surface area contributed by atoms with Crippen molar-refractivity contribution in [1.29, 1.82) is 0 Å². The third-order valence-electron chi connectivity index (χ3n) is 6.54. The average Bonchev–Trinajstić information content (AvgIpc) is 2.63. The van der Waals surface area contributed by atoms with Crippen molar-refractivity contribution in [2.75, 3.05) is 20.5 Å². The van der Waals surface area contributed by atoms with Crippen LogP contribution in [0, 0.1) is 29.6 Å². The highest BCUT2D eigenvalue weighted by molar-refractivity contribution is 6.74. The predicted molar refractivity (Wildman–Crippen MR) is 127 cm³/mol. The number of rotatable bonds is 9. The molecule has 0 aliphatic heterocycles. The molecule has 0 N–H and O–H groups in total. The van der Waals surface area contributed by atoms with E-state index in [1.165, 1.54) is 5.57 Å². The third-order valence-corrected chi connectivity index (χ3v) is 11.1. The first-order chi connectivity index (χ1) is 13.8. The molecule has 0 amide bonds. The van der Waals surface area contributed by atoms with Crippen LogP contribution in [0.25, 0.3) is 0 Å². The summed E-state index contributed by atoms with van der Waals surface area (Å²) in [4.78, 5) is 12.9. The van der Waals surface area contributed by atoms with Crippen molar-refractivity contribution < 1.29 is 18.7 Å². The van der Waals surface area contributed by atoms with Crippen molar-refractivity contribution >= 4 is 14.1 Å². The normalized spacial score (nSPS) is 23.2. The van der Waals surface area contributed by atoms with Gasteiger partial charge in [0, 0.05) is 32.0 Å². The highest BCUT2D eigenvalue weighted by Crippen LogP contribution is 2.40. The maximum Gasteiger partial charge on any atom is 0.208 e. The van der Waals surface area contributed by atoms with E-state index in [-0.39, 0.29) is 41.5 Å². The number of carbonyl (C=O) groups is 1. The number of methoxy groups -OCH3 is 1. The molecule has 170 valence electrons. The molecule has 0 aromatic heterocycles. The van der Waals surface area contributed by atoms with E-state index in [2.05, 4.69) is 65.3 Å². The van der Waals surface area contributed by atoms with E-state index in [1.54, 1.807) is 7.11 Å². The number of carbonyl (C=O) groups excluding carboxylic acids is 1. The quantitative estimate of drug-likeness (QED) is 0.116. The molecule has 0 saturated carbocycles. The number of Topliss-reactive ketones (excluding diaryl/α,β-unsaturated/α-hetero) is 1. The van der Waals surface area contributed by atoms with Gasteiger partial charge in [-0.15, -0.1) is 0 Å². The fourth-order valence-corrected chi connectivity index (χ4v) is 4.67. The number of ether oxygens (including phenoxy) is 2. The van der Waals surface area contributed by atoms with Crippen LogP contribution < -0.4 is 0 Å². The van der Waals surface area contributed by atoms with Gasteiger partial charge in [0.25, 0.3) is 0 Å². The Labute approximate surface area is 185 Å². The van der Waals surface area contributed by atoms with Crippen molar-refractivity contribution in [3.63, 3.8) is 0 Å². The SMILES string of the molecule is C=C(C)[C@@H]1CC(C)=C[C@@H](OCOC)[C@H]1[C@@H](C)C(=O)C#CCCO[Si](C)(C)C(C)(C)C. The smallest absolute Gasteiger partial charge is 0.208 e. The van der Waals surface area contributed by atoms with E-state index >= 15 is 0 Å². The Hall–Kier alpha value is -1.19. The fourth-order valence-electron chi connectivity index (χ4n) is 3.63. The second-order valence-corrected chi connectivity index (χ2v) is 14.9. The van der Waals surface area contributed by atoms with E-state index < -0.39 is 8.32 Å². The van der Waals surface area contributed by atoms with Crippen molar-refractivity contribution in [1.82, 2.24) is 0 Å². The van der Waals surface area contributed by atoms with Crippen LogP contribution in [-0.4, -0.2) is 40.7 Å². The summed E-state index contributed by atoms with van der Waals surface area (Å²) in [5, 5.41) is 0.173. The highest BCUT2D eigenvalue weighted by Gasteiger charge is 2.39. The van der Waals surface area contributed by atoms with Crippen LogP contribution in [0.4, 0.5) is 0 Å². The molecule has 4 atom stereocenters. The Balaban J connectivity index is 2.83. The minimum atomic E-state index is -1.78. The van der Waals surface area contributed by atoms with Gasteiger partial charge in [0.2, 0.25) is 5.78 Å². The van der Waals surface area contributed by atoms with E-state index in [1.807, 2.05) is 13.8 Å². The first-order valence-electron chi connectivity index (χ1n) is 10.9. The number of allylic oxidation sites excluding steroid dienone is 2. The predicted octanol–water partition coefficient (Wildman–Crippen LogP) is 5.75. The summed E-state index contributed by atoms with van der Waals surface area (Å²) in [5.74, 6) is 5.81. The molecular weight excluding hydrogens is 392 g/mol. The van der Waals surface area contributed by atoms with Gasteiger partial charge in [0.15, 0.2) is 8.32 Å². The Morgan fingerprint density at radius 1 is 1.37 bits per heavy atom. The summed E-state index contributed by atoms with van der Waals surface area (Å²) in [6, 6.07) is 0. The van der Waals surface area contributed by atoms with Crippen LogP contribution in [-0.2, 0) is 18.7 Å². The van der Waals surface area contributed by atoms with Gasteiger partial charge in [-0.2, -0.15) is 0 Å². The van der Waals surface area contributed by atoms with Crippen molar-refractivity contribution in [3.8, 4) is 11.8 Å². The summed E-state index contributed by atoms with van der Waals surface area (Å²) >= 11 is 0. The molecule has 0 aromatic carbocycles. The Bertz CT molecular complexity index is 690. The first-order valence-corrected chi connectivity index (χ1v) is 13.8. The highest BCUT2D eigenvalue weighted by atomic mass is 28.4. The van der Waals surface area contributed by atoms with Gasteiger partial charge in [-0.25, -0.2) is 0 Å². The van der Waals surface area contributed by atoms with Crippen LogP contribution in [0.3, 0.4) is 0 Å². The fraction of sp³-hybridized carbons (Fsp3) is 0.720. The van der Waals surface area contributed by atoms with Crippen molar-refractivity contribution in [2.24, 2.45) is 17.8 Å². The second-order valence-electron chi connectivity index (χ2n) is 10.1. The molecule has 0 saturated heterocycles. The minimum Gasteiger partial charge on any atom is -0.416 e. The van der Waals surface area contributed by atoms with E-state index in [0.29, 0.717) is 13.0 Å². The van der Waals surface area contributed by atoms with Crippen LogP contribution in [0.2, 0.25) is 18.1 Å². The number of hydrogen-bond donors (Lipinski definition) is 0. The van der Waals surface area contributed by atoms with Crippen molar-refractivity contribution in [3.05, 3.63) is 23.8 Å². The molecule has 1 rings (SSSR count). The Morgan fingerprint density at radius 3 is 2.53 bits per heavy atom.